The Morgan fingerprint density at radius 3 is 2.40 bits per heavy atom. The zero-order chi connectivity index (χ0) is 31.0. The highest BCUT2D eigenvalue weighted by atomic mass is 32.2. The van der Waals surface area contributed by atoms with Crippen LogP contribution in [0.25, 0.3) is 5.69 Å². The monoisotopic (exact) mass is 605 g/mol. The van der Waals surface area contributed by atoms with Gasteiger partial charge in [-0.15, -0.1) is 10.2 Å². The lowest BCUT2D eigenvalue weighted by molar-refractivity contribution is -0.143. The van der Waals surface area contributed by atoms with Gasteiger partial charge in [0.05, 0.1) is 7.11 Å². The van der Waals surface area contributed by atoms with Gasteiger partial charge in [0.2, 0.25) is 11.8 Å². The fourth-order valence-electron chi connectivity index (χ4n) is 5.91. The number of piperazine rings is 1. The summed E-state index contributed by atoms with van der Waals surface area (Å²) < 4.78 is 7.44. The maximum atomic E-state index is 13.1. The van der Waals surface area contributed by atoms with Crippen molar-refractivity contribution in [1.29, 1.82) is 0 Å². The van der Waals surface area contributed by atoms with E-state index in [0.29, 0.717) is 44.8 Å². The van der Waals surface area contributed by atoms with Gasteiger partial charge in [-0.05, 0) is 60.9 Å². The average molecular weight is 606 g/mol. The molecule has 1 aliphatic heterocycles. The Bertz CT molecular complexity index is 1340. The fraction of sp³-hybridized carbons (Fsp3) is 0.529. The van der Waals surface area contributed by atoms with E-state index in [9.17, 15) is 9.59 Å². The summed E-state index contributed by atoms with van der Waals surface area (Å²) >= 11 is 1.62. The number of amides is 2. The van der Waals surface area contributed by atoms with Gasteiger partial charge in [0.15, 0.2) is 5.16 Å². The molecule has 1 fully saturated rings. The average Bonchev–Trinajstić information content (AvgIpc) is 3.36. The van der Waals surface area contributed by atoms with Gasteiger partial charge in [0.1, 0.15) is 11.6 Å². The predicted octanol–water partition coefficient (Wildman–Crippen LogP) is 6.26. The van der Waals surface area contributed by atoms with Crippen LogP contribution in [0, 0.1) is 11.3 Å². The summed E-state index contributed by atoms with van der Waals surface area (Å²) in [7, 11) is 1.66. The van der Waals surface area contributed by atoms with E-state index in [1.807, 2.05) is 52.3 Å². The number of nitrogens with zero attached hydrogens (tertiary/aromatic N) is 5. The van der Waals surface area contributed by atoms with Gasteiger partial charge in [-0.2, -0.15) is 0 Å². The third-order valence-electron chi connectivity index (χ3n) is 7.79. The minimum absolute atomic E-state index is 0.0347. The van der Waals surface area contributed by atoms with Crippen molar-refractivity contribution in [1.82, 2.24) is 24.6 Å². The largest absolute Gasteiger partial charge is 0.497 e. The van der Waals surface area contributed by atoms with Gasteiger partial charge in [-0.1, -0.05) is 69.8 Å². The second kappa shape index (κ2) is 14.9. The second-order valence-corrected chi connectivity index (χ2v) is 14.0. The SMILES string of the molecule is COc1ccc(-n2c(Cc3ccccc3)nnc2SCCCC(=O)N2CCN(C(=O)CC(C)CC(C)(C)C)C(C)C2)cc1. The third-order valence-corrected chi connectivity index (χ3v) is 8.80. The molecule has 2 atom stereocenters. The van der Waals surface area contributed by atoms with Crippen LogP contribution in [-0.2, 0) is 16.0 Å². The molecular formula is C34H47N5O3S. The molecule has 1 saturated heterocycles. The molecule has 0 radical (unpaired) electrons. The summed E-state index contributed by atoms with van der Waals surface area (Å²) in [5.74, 6) is 3.13. The van der Waals surface area contributed by atoms with Crippen molar-refractivity contribution in [3.05, 3.63) is 66.0 Å². The van der Waals surface area contributed by atoms with Crippen molar-refractivity contribution in [2.75, 3.05) is 32.5 Å². The maximum absolute atomic E-state index is 13.1. The minimum atomic E-state index is 0.0347. The lowest BCUT2D eigenvalue weighted by Crippen LogP contribution is -2.55. The molecule has 43 heavy (non-hydrogen) atoms. The number of methoxy groups -OCH3 is 1. The summed E-state index contributed by atoms with van der Waals surface area (Å²) in [6.45, 7) is 12.7. The molecule has 2 unspecified atom stereocenters. The van der Waals surface area contributed by atoms with Crippen LogP contribution in [-0.4, -0.2) is 74.9 Å². The molecule has 4 rings (SSSR count). The van der Waals surface area contributed by atoms with Gasteiger partial charge in [-0.3, -0.25) is 14.2 Å². The Morgan fingerprint density at radius 1 is 1.02 bits per heavy atom. The van der Waals surface area contributed by atoms with E-state index < -0.39 is 0 Å². The molecule has 2 amide bonds. The van der Waals surface area contributed by atoms with Crippen molar-refractivity contribution in [2.24, 2.45) is 11.3 Å². The molecule has 0 bridgehead atoms. The first-order valence-electron chi connectivity index (χ1n) is 15.4. The zero-order valence-electron chi connectivity index (χ0n) is 26.6. The van der Waals surface area contributed by atoms with Crippen LogP contribution in [0.2, 0.25) is 0 Å². The topological polar surface area (TPSA) is 80.6 Å². The lowest BCUT2D eigenvalue weighted by Gasteiger charge is -2.40. The normalized spacial score (nSPS) is 16.3. The van der Waals surface area contributed by atoms with Crippen molar-refractivity contribution < 1.29 is 14.3 Å². The summed E-state index contributed by atoms with van der Waals surface area (Å²) in [5, 5.41) is 9.87. The summed E-state index contributed by atoms with van der Waals surface area (Å²) in [6.07, 6.45) is 3.48. The molecule has 9 heteroatoms. The van der Waals surface area contributed by atoms with Crippen LogP contribution < -0.4 is 4.74 Å². The minimum Gasteiger partial charge on any atom is -0.497 e. The highest BCUT2D eigenvalue weighted by Crippen LogP contribution is 2.28. The van der Waals surface area contributed by atoms with Crippen LogP contribution >= 0.6 is 11.8 Å². The molecule has 0 saturated carbocycles. The van der Waals surface area contributed by atoms with Gasteiger partial charge in [0, 0.05) is 56.4 Å². The fourth-order valence-corrected chi connectivity index (χ4v) is 6.82. The highest BCUT2D eigenvalue weighted by Gasteiger charge is 2.30. The Labute approximate surface area is 261 Å². The van der Waals surface area contributed by atoms with Crippen molar-refractivity contribution >= 4 is 23.6 Å². The summed E-state index contributed by atoms with van der Waals surface area (Å²) in [4.78, 5) is 30.0. The smallest absolute Gasteiger partial charge is 0.223 e. The summed E-state index contributed by atoms with van der Waals surface area (Å²) in [6, 6.07) is 18.2. The van der Waals surface area contributed by atoms with Crippen LogP contribution in [0.1, 0.15) is 71.7 Å². The van der Waals surface area contributed by atoms with Gasteiger partial charge in [0.25, 0.3) is 0 Å². The first-order valence-corrected chi connectivity index (χ1v) is 16.4. The number of thioether (sulfide) groups is 1. The zero-order valence-corrected chi connectivity index (χ0v) is 27.4. The molecule has 1 aliphatic rings. The molecule has 2 aromatic carbocycles. The third kappa shape index (κ3) is 9.33. The summed E-state index contributed by atoms with van der Waals surface area (Å²) in [5.41, 5.74) is 2.36. The first-order chi connectivity index (χ1) is 20.5. The van der Waals surface area contributed by atoms with Crippen molar-refractivity contribution in [3.63, 3.8) is 0 Å². The Balaban J connectivity index is 1.30. The van der Waals surface area contributed by atoms with E-state index in [0.717, 1.165) is 41.0 Å². The quantitative estimate of drug-likeness (QED) is 0.179. The van der Waals surface area contributed by atoms with Crippen LogP contribution in [0.15, 0.2) is 59.8 Å². The number of ether oxygens (including phenoxy) is 1. The van der Waals surface area contributed by atoms with Crippen LogP contribution in [0.3, 0.4) is 0 Å². The standard InChI is InChI=1S/C34H47N5O3S/c1-25(23-34(3,4)5)21-32(41)38-19-18-37(24-26(38)2)31(40)13-10-20-43-33-36-35-30(22-27-11-8-7-9-12-27)39(33)28-14-16-29(42-6)17-15-28/h7-9,11-12,14-17,25-26H,10,13,18-24H2,1-6H3. The highest BCUT2D eigenvalue weighted by molar-refractivity contribution is 7.99. The van der Waals surface area contributed by atoms with Crippen LogP contribution in [0.5, 0.6) is 5.75 Å². The van der Waals surface area contributed by atoms with Gasteiger partial charge < -0.3 is 14.5 Å². The Kier molecular flexibility index (Phi) is 11.3. The molecule has 8 nitrogen and oxygen atoms in total. The van der Waals surface area contributed by atoms with E-state index in [4.69, 9.17) is 4.74 Å². The number of hydrogen-bond donors (Lipinski definition) is 0. The van der Waals surface area contributed by atoms with Crippen LogP contribution in [0.4, 0.5) is 0 Å². The van der Waals surface area contributed by atoms with E-state index in [2.05, 4.69) is 61.5 Å². The molecule has 3 aromatic rings. The van der Waals surface area contributed by atoms with E-state index >= 15 is 0 Å². The van der Waals surface area contributed by atoms with Gasteiger partial charge >= 0.3 is 0 Å². The predicted molar refractivity (Wildman–Crippen MR) is 173 cm³/mol. The van der Waals surface area contributed by atoms with Crippen molar-refractivity contribution in [2.45, 2.75) is 77.9 Å². The van der Waals surface area contributed by atoms with E-state index in [-0.39, 0.29) is 23.3 Å². The molecule has 0 aliphatic carbocycles. The molecule has 2 heterocycles. The number of carbonyl (C=O) groups excluding carboxylic acids is 2. The Morgan fingerprint density at radius 2 is 1.74 bits per heavy atom. The number of carbonyl (C=O) groups is 2. The van der Waals surface area contributed by atoms with E-state index in [1.165, 1.54) is 5.56 Å². The first kappa shape index (κ1) is 32.6. The van der Waals surface area contributed by atoms with E-state index in [1.54, 1.807) is 18.9 Å². The van der Waals surface area contributed by atoms with Gasteiger partial charge in [-0.25, -0.2) is 0 Å². The molecule has 232 valence electrons. The molecule has 1 aromatic heterocycles. The number of rotatable bonds is 12. The van der Waals surface area contributed by atoms with Crippen molar-refractivity contribution in [3.8, 4) is 11.4 Å². The second-order valence-electron chi connectivity index (χ2n) is 12.9. The number of hydrogen-bond acceptors (Lipinski definition) is 6. The molecule has 0 N–H and O–H groups in total. The number of benzene rings is 2. The lowest BCUT2D eigenvalue weighted by atomic mass is 9.84. The maximum Gasteiger partial charge on any atom is 0.223 e. The molecular weight excluding hydrogens is 558 g/mol. The molecule has 0 spiro atoms. The number of aromatic nitrogens is 3. The Hall–Kier alpha value is -3.33.